The molecule has 0 aliphatic carbocycles. The van der Waals surface area contributed by atoms with E-state index >= 15 is 0 Å². The molecule has 0 saturated carbocycles. The highest BCUT2D eigenvalue weighted by molar-refractivity contribution is 5.99. The number of aromatic nitrogens is 1. The Morgan fingerprint density at radius 2 is 1.10 bits per heavy atom. The van der Waals surface area contributed by atoms with Crippen molar-refractivity contribution < 1.29 is 33.6 Å². The van der Waals surface area contributed by atoms with E-state index < -0.39 is 77.7 Å². The molecule has 2 aromatic carbocycles. The van der Waals surface area contributed by atoms with Gasteiger partial charge in [-0.15, -0.1) is 0 Å². The first-order valence-electron chi connectivity index (χ1n) is 22.6. The fourth-order valence-electron chi connectivity index (χ4n) is 9.70. The summed E-state index contributed by atoms with van der Waals surface area (Å²) in [7, 11) is 0. The predicted octanol–water partition coefficient (Wildman–Crippen LogP) is 2.97. The van der Waals surface area contributed by atoms with Gasteiger partial charge in [0.15, 0.2) is 0 Å². The molecule has 1 aromatic heterocycles. The van der Waals surface area contributed by atoms with Gasteiger partial charge in [0.1, 0.15) is 42.3 Å². The quantitative estimate of drug-likeness (QED) is 0.230. The Morgan fingerprint density at radius 1 is 0.581 bits per heavy atom. The number of carbonyl (C=O) groups excluding carboxylic acids is 7. The number of hydrogen-bond acceptors (Lipinski definition) is 7. The number of rotatable bonds is 8. The van der Waals surface area contributed by atoms with Gasteiger partial charge >= 0.3 is 0 Å². The van der Waals surface area contributed by atoms with Gasteiger partial charge in [0.25, 0.3) is 0 Å². The number of carbonyl (C=O) groups is 7. The Labute approximate surface area is 363 Å². The number of aromatic amines is 1. The van der Waals surface area contributed by atoms with Crippen LogP contribution in [-0.4, -0.2) is 123 Å². The van der Waals surface area contributed by atoms with Crippen LogP contribution in [0.25, 0.3) is 10.9 Å². The summed E-state index contributed by atoms with van der Waals surface area (Å²) in [6.07, 6.45) is 5.64. The molecule has 5 heterocycles. The Balaban J connectivity index is 1.28. The molecule has 0 spiro atoms. The van der Waals surface area contributed by atoms with Crippen LogP contribution in [-0.2, 0) is 46.4 Å². The molecule has 7 amide bonds. The van der Waals surface area contributed by atoms with Crippen molar-refractivity contribution in [1.29, 1.82) is 0 Å². The first kappa shape index (κ1) is 44.3. The maximum Gasteiger partial charge on any atom is 0.246 e. The zero-order chi connectivity index (χ0) is 44.1. The highest BCUT2D eigenvalue weighted by atomic mass is 16.2. The van der Waals surface area contributed by atoms with Gasteiger partial charge in [-0.25, -0.2) is 0 Å². The molecule has 4 aliphatic heterocycles. The molecular formula is C47H62N8O7. The van der Waals surface area contributed by atoms with Crippen molar-refractivity contribution in [2.45, 2.75) is 134 Å². The van der Waals surface area contributed by atoms with Crippen LogP contribution in [0.15, 0.2) is 60.8 Å². The summed E-state index contributed by atoms with van der Waals surface area (Å²) in [6.45, 7) is 8.57. The summed E-state index contributed by atoms with van der Waals surface area (Å²) in [4.78, 5) is 109. The molecule has 8 atom stereocenters. The molecule has 0 bridgehead atoms. The molecule has 3 aromatic rings. The third-order valence-electron chi connectivity index (χ3n) is 13.2. The number of hydrogen-bond donors (Lipinski definition) is 5. The van der Waals surface area contributed by atoms with Crippen molar-refractivity contribution in [2.24, 2.45) is 11.8 Å². The minimum atomic E-state index is -1.14. The molecule has 15 nitrogen and oxygen atoms in total. The third kappa shape index (κ3) is 9.66. The topological polar surface area (TPSA) is 193 Å². The van der Waals surface area contributed by atoms with Crippen molar-refractivity contribution in [3.8, 4) is 0 Å². The standard InChI is InChI=1S/C47H62N8O7/c1-5-29(4)40-47(62)55-23-13-19-38(55)43(58)51-36(25-30-14-7-6-8-15-30)46(61)53-21-11-18-37(53)42(57)49-34(26-31-27-48-33-17-10-9-16-32(31)33)41(56)50-35(24-28(2)3)45(60)54-22-12-20-39(54)44(59)52-40/h6-10,14-17,27-29,34-40,48H,5,11-13,18-26H2,1-4H3,(H,49,57)(H,50,56)(H,51,58)(H,52,59)/t29-,34+,35+,36+,37-,38-,39-,40+/m0/s1. The zero-order valence-corrected chi connectivity index (χ0v) is 36.4. The Morgan fingerprint density at radius 3 is 1.69 bits per heavy atom. The smallest absolute Gasteiger partial charge is 0.246 e. The minimum Gasteiger partial charge on any atom is -0.361 e. The fraction of sp³-hybridized carbons (Fsp3) is 0.553. The molecule has 15 heteroatoms. The van der Waals surface area contributed by atoms with Gasteiger partial charge in [-0.1, -0.05) is 82.6 Å². The van der Waals surface area contributed by atoms with Gasteiger partial charge in [-0.3, -0.25) is 33.6 Å². The van der Waals surface area contributed by atoms with Gasteiger partial charge in [-0.2, -0.15) is 0 Å². The lowest BCUT2D eigenvalue weighted by atomic mass is 9.96. The first-order valence-corrected chi connectivity index (χ1v) is 22.6. The van der Waals surface area contributed by atoms with Crippen LogP contribution >= 0.6 is 0 Å². The molecule has 62 heavy (non-hydrogen) atoms. The van der Waals surface area contributed by atoms with Crippen LogP contribution in [0.5, 0.6) is 0 Å². The highest BCUT2D eigenvalue weighted by Crippen LogP contribution is 2.27. The zero-order valence-electron chi connectivity index (χ0n) is 36.4. The van der Waals surface area contributed by atoms with Crippen molar-refractivity contribution in [3.63, 3.8) is 0 Å². The molecule has 4 fully saturated rings. The maximum atomic E-state index is 14.7. The summed E-state index contributed by atoms with van der Waals surface area (Å²) >= 11 is 0. The normalized spacial score (nSPS) is 27.6. The molecular weight excluding hydrogens is 789 g/mol. The summed E-state index contributed by atoms with van der Waals surface area (Å²) in [5, 5.41) is 12.9. The predicted molar refractivity (Wildman–Crippen MR) is 233 cm³/mol. The number of benzene rings is 2. The highest BCUT2D eigenvalue weighted by Gasteiger charge is 2.45. The second-order valence-corrected chi connectivity index (χ2v) is 18.0. The Hall–Kier alpha value is -5.73. The van der Waals surface area contributed by atoms with E-state index in [1.807, 2.05) is 82.3 Å². The van der Waals surface area contributed by atoms with E-state index in [0.29, 0.717) is 58.0 Å². The summed E-state index contributed by atoms with van der Waals surface area (Å²) in [5.74, 6) is -3.58. The van der Waals surface area contributed by atoms with E-state index in [1.165, 1.54) is 14.7 Å². The number of nitrogens with zero attached hydrogens (tertiary/aromatic N) is 3. The number of amides is 7. The SMILES string of the molecule is CC[C@H](C)[C@H]1NC(=O)[C@@H]2CCCN2C(=O)[C@@H](CC(C)C)NC(=O)[C@@H](Cc2c[nH]c3ccccc23)NC(=O)[C@@H]2CCCN2C(=O)[C@@H](Cc2ccccc2)NC(=O)[C@@H]2CCCN2C1=O. The van der Waals surface area contributed by atoms with Crippen LogP contribution < -0.4 is 21.3 Å². The number of H-pyrrole nitrogens is 1. The average molecular weight is 851 g/mol. The molecule has 4 saturated heterocycles. The van der Waals surface area contributed by atoms with Gasteiger partial charge in [0.05, 0.1) is 0 Å². The summed E-state index contributed by atoms with van der Waals surface area (Å²) in [5.41, 5.74) is 2.45. The summed E-state index contributed by atoms with van der Waals surface area (Å²) in [6, 6.07) is 10.1. The fourth-order valence-corrected chi connectivity index (χ4v) is 9.70. The van der Waals surface area contributed by atoms with E-state index in [0.717, 1.165) is 22.0 Å². The number of para-hydroxylation sites is 1. The molecule has 332 valence electrons. The molecule has 7 rings (SSSR count). The lowest BCUT2D eigenvalue weighted by Gasteiger charge is -2.34. The number of fused-ring (bicyclic) bond motifs is 4. The van der Waals surface area contributed by atoms with Crippen LogP contribution in [0, 0.1) is 11.8 Å². The second kappa shape index (κ2) is 19.5. The lowest BCUT2D eigenvalue weighted by molar-refractivity contribution is -0.146. The van der Waals surface area contributed by atoms with Crippen LogP contribution in [0.1, 0.15) is 90.2 Å². The lowest BCUT2D eigenvalue weighted by Crippen LogP contribution is -2.60. The Bertz CT molecular complexity index is 2140. The van der Waals surface area contributed by atoms with Crippen LogP contribution in [0.2, 0.25) is 0 Å². The Kier molecular flexibility index (Phi) is 14.0. The average Bonchev–Trinajstić information content (AvgIpc) is 4.11. The van der Waals surface area contributed by atoms with E-state index in [9.17, 15) is 33.6 Å². The number of nitrogens with one attached hydrogen (secondary N) is 5. The minimum absolute atomic E-state index is 0.0192. The first-order chi connectivity index (χ1) is 29.8. The maximum absolute atomic E-state index is 14.7. The second-order valence-electron chi connectivity index (χ2n) is 18.0. The van der Waals surface area contributed by atoms with Crippen LogP contribution in [0.3, 0.4) is 0 Å². The van der Waals surface area contributed by atoms with Gasteiger partial charge < -0.3 is 41.0 Å². The van der Waals surface area contributed by atoms with Crippen molar-refractivity contribution in [3.05, 3.63) is 71.9 Å². The molecule has 4 aliphatic rings. The van der Waals surface area contributed by atoms with E-state index in [-0.39, 0.29) is 43.6 Å². The van der Waals surface area contributed by atoms with Crippen molar-refractivity contribution in [2.75, 3.05) is 19.6 Å². The van der Waals surface area contributed by atoms with Gasteiger partial charge in [0.2, 0.25) is 41.4 Å². The largest absolute Gasteiger partial charge is 0.361 e. The molecule has 5 N–H and O–H groups in total. The van der Waals surface area contributed by atoms with Gasteiger partial charge in [-0.05, 0) is 74.0 Å². The van der Waals surface area contributed by atoms with Crippen LogP contribution in [0.4, 0.5) is 0 Å². The summed E-state index contributed by atoms with van der Waals surface area (Å²) < 4.78 is 0. The van der Waals surface area contributed by atoms with Crippen molar-refractivity contribution in [1.82, 2.24) is 41.0 Å². The van der Waals surface area contributed by atoms with Crippen molar-refractivity contribution >= 4 is 52.3 Å². The van der Waals surface area contributed by atoms with E-state index in [1.54, 1.807) is 6.20 Å². The molecule has 0 radical (unpaired) electrons. The molecule has 0 unspecified atom stereocenters. The van der Waals surface area contributed by atoms with E-state index in [4.69, 9.17) is 0 Å². The van der Waals surface area contributed by atoms with Gasteiger partial charge in [0, 0.05) is 49.6 Å². The monoisotopic (exact) mass is 850 g/mol. The van der Waals surface area contributed by atoms with E-state index in [2.05, 4.69) is 26.3 Å². The third-order valence-corrected chi connectivity index (χ3v) is 13.2.